The topological polar surface area (TPSA) is 49.7 Å². The lowest BCUT2D eigenvalue weighted by molar-refractivity contribution is 0.113. The van der Waals surface area contributed by atoms with Gasteiger partial charge in [-0.2, -0.15) is 11.8 Å². The molecule has 0 spiro atoms. The van der Waals surface area contributed by atoms with Gasteiger partial charge in [-0.05, 0) is 17.7 Å². The van der Waals surface area contributed by atoms with Crippen molar-refractivity contribution in [3.8, 4) is 5.75 Å². The van der Waals surface area contributed by atoms with Crippen LogP contribution in [0.3, 0.4) is 0 Å². The van der Waals surface area contributed by atoms with Crippen molar-refractivity contribution in [2.75, 3.05) is 19.5 Å². The van der Waals surface area contributed by atoms with E-state index in [0.29, 0.717) is 11.5 Å². The zero-order valence-corrected chi connectivity index (χ0v) is 9.84. The van der Waals surface area contributed by atoms with Gasteiger partial charge >= 0.3 is 0 Å². The molecule has 0 aliphatic carbocycles. The monoisotopic (exact) mass is 246 g/mol. The third-order valence-corrected chi connectivity index (χ3v) is 3.16. The molecule has 90 valence electrons. The third kappa shape index (κ3) is 4.00. The van der Waals surface area contributed by atoms with E-state index in [-0.39, 0.29) is 18.2 Å². The van der Waals surface area contributed by atoms with Gasteiger partial charge in [0.05, 0.1) is 19.8 Å². The molecule has 2 N–H and O–H groups in total. The molecule has 0 aromatic heterocycles. The van der Waals surface area contributed by atoms with Crippen molar-refractivity contribution in [3.63, 3.8) is 0 Å². The summed E-state index contributed by atoms with van der Waals surface area (Å²) in [6.07, 6.45) is -0.715. The number of ether oxygens (including phenoxy) is 1. The maximum atomic E-state index is 13.3. The molecule has 1 unspecified atom stereocenters. The molecular weight excluding hydrogens is 231 g/mol. The number of hydrogen-bond acceptors (Lipinski definition) is 4. The molecular formula is C11H15FO3S. The van der Waals surface area contributed by atoms with E-state index >= 15 is 0 Å². The van der Waals surface area contributed by atoms with Crippen molar-refractivity contribution in [2.45, 2.75) is 11.9 Å². The molecule has 0 amide bonds. The molecule has 16 heavy (non-hydrogen) atoms. The highest BCUT2D eigenvalue weighted by molar-refractivity contribution is 7.98. The van der Waals surface area contributed by atoms with Crippen LogP contribution in [0.1, 0.15) is 5.56 Å². The van der Waals surface area contributed by atoms with E-state index in [9.17, 15) is 4.39 Å². The van der Waals surface area contributed by atoms with Crippen LogP contribution in [-0.2, 0) is 5.75 Å². The average Bonchev–Trinajstić information content (AvgIpc) is 2.29. The minimum atomic E-state index is -0.715. The van der Waals surface area contributed by atoms with Crippen LogP contribution < -0.4 is 4.74 Å². The second kappa shape index (κ2) is 6.73. The van der Waals surface area contributed by atoms with Gasteiger partial charge in [0.2, 0.25) is 0 Å². The molecule has 5 heteroatoms. The Hall–Kier alpha value is -0.780. The minimum absolute atomic E-state index is 0.226. The molecule has 0 bridgehead atoms. The predicted molar refractivity (Wildman–Crippen MR) is 62.2 cm³/mol. The molecule has 0 saturated carbocycles. The predicted octanol–water partition coefficient (Wildman–Crippen LogP) is 1.42. The van der Waals surface area contributed by atoms with Crippen LogP contribution in [-0.4, -0.2) is 35.8 Å². The van der Waals surface area contributed by atoms with Crippen molar-refractivity contribution in [1.29, 1.82) is 0 Å². The maximum absolute atomic E-state index is 13.3. The Morgan fingerprint density at radius 2 is 2.25 bits per heavy atom. The van der Waals surface area contributed by atoms with Crippen molar-refractivity contribution in [2.24, 2.45) is 0 Å². The lowest BCUT2D eigenvalue weighted by atomic mass is 10.2. The van der Waals surface area contributed by atoms with Crippen LogP contribution in [0, 0.1) is 5.82 Å². The number of halogens is 1. The first-order valence-corrected chi connectivity index (χ1v) is 6.02. The summed E-state index contributed by atoms with van der Waals surface area (Å²) in [4.78, 5) is 0. The Morgan fingerprint density at radius 1 is 1.50 bits per heavy atom. The molecule has 0 saturated heterocycles. The fourth-order valence-electron chi connectivity index (χ4n) is 1.17. The van der Waals surface area contributed by atoms with E-state index in [4.69, 9.17) is 14.9 Å². The van der Waals surface area contributed by atoms with Crippen LogP contribution in [0.5, 0.6) is 5.75 Å². The summed E-state index contributed by atoms with van der Waals surface area (Å²) in [7, 11) is 1.42. The second-order valence-corrected chi connectivity index (χ2v) is 4.35. The number of hydrogen-bond donors (Lipinski definition) is 2. The first kappa shape index (κ1) is 13.3. The molecule has 3 nitrogen and oxygen atoms in total. The Bertz CT molecular complexity index is 333. The number of aliphatic hydroxyl groups excluding tert-OH is 2. The van der Waals surface area contributed by atoms with Gasteiger partial charge in [0.15, 0.2) is 11.6 Å². The fraction of sp³-hybridized carbons (Fsp3) is 0.455. The summed E-state index contributed by atoms with van der Waals surface area (Å²) >= 11 is 1.44. The molecule has 0 radical (unpaired) electrons. The molecule has 0 heterocycles. The number of methoxy groups -OCH3 is 1. The zero-order chi connectivity index (χ0) is 12.0. The Labute approximate surface area is 98.2 Å². The van der Waals surface area contributed by atoms with Crippen LogP contribution in [0.15, 0.2) is 18.2 Å². The van der Waals surface area contributed by atoms with Crippen LogP contribution in [0.25, 0.3) is 0 Å². The molecule has 0 fully saturated rings. The summed E-state index contributed by atoms with van der Waals surface area (Å²) in [5.41, 5.74) is 0.827. The molecule has 0 aliphatic heterocycles. The quantitative estimate of drug-likeness (QED) is 0.797. The van der Waals surface area contributed by atoms with E-state index < -0.39 is 6.10 Å². The van der Waals surface area contributed by atoms with Crippen LogP contribution in [0.4, 0.5) is 4.39 Å². The largest absolute Gasteiger partial charge is 0.494 e. The summed E-state index contributed by atoms with van der Waals surface area (Å²) in [6.45, 7) is -0.246. The smallest absolute Gasteiger partial charge is 0.165 e. The summed E-state index contributed by atoms with van der Waals surface area (Å²) < 4.78 is 18.1. The van der Waals surface area contributed by atoms with Gasteiger partial charge in [0.1, 0.15) is 0 Å². The molecule has 1 rings (SSSR count). The van der Waals surface area contributed by atoms with Gasteiger partial charge < -0.3 is 14.9 Å². The highest BCUT2D eigenvalue weighted by atomic mass is 32.2. The van der Waals surface area contributed by atoms with E-state index in [1.807, 2.05) is 0 Å². The summed E-state index contributed by atoms with van der Waals surface area (Å²) in [5, 5.41) is 17.7. The number of benzene rings is 1. The van der Waals surface area contributed by atoms with Crippen LogP contribution >= 0.6 is 11.8 Å². The van der Waals surface area contributed by atoms with E-state index in [2.05, 4.69) is 0 Å². The molecule has 0 aliphatic rings. The van der Waals surface area contributed by atoms with E-state index in [0.717, 1.165) is 5.56 Å². The third-order valence-electron chi connectivity index (χ3n) is 2.01. The SMILES string of the molecule is COc1ccc(CSCC(O)CO)cc1F. The van der Waals surface area contributed by atoms with E-state index in [1.165, 1.54) is 24.9 Å². The minimum Gasteiger partial charge on any atom is -0.494 e. The maximum Gasteiger partial charge on any atom is 0.165 e. The van der Waals surface area contributed by atoms with Gasteiger partial charge in [0.25, 0.3) is 0 Å². The summed E-state index contributed by atoms with van der Waals surface area (Å²) in [5.74, 6) is 0.870. The molecule has 1 aromatic rings. The average molecular weight is 246 g/mol. The van der Waals surface area contributed by atoms with Crippen molar-refractivity contribution >= 4 is 11.8 Å². The van der Waals surface area contributed by atoms with Gasteiger partial charge in [-0.25, -0.2) is 4.39 Å². The number of rotatable bonds is 6. The van der Waals surface area contributed by atoms with Gasteiger partial charge in [-0.1, -0.05) is 6.07 Å². The number of thioether (sulfide) groups is 1. The lowest BCUT2D eigenvalue weighted by Crippen LogP contribution is -2.14. The van der Waals surface area contributed by atoms with Crippen molar-refractivity contribution in [3.05, 3.63) is 29.6 Å². The normalized spacial score (nSPS) is 12.5. The van der Waals surface area contributed by atoms with Gasteiger partial charge in [-0.15, -0.1) is 0 Å². The van der Waals surface area contributed by atoms with Gasteiger partial charge in [-0.3, -0.25) is 0 Å². The molecule has 1 atom stereocenters. The van der Waals surface area contributed by atoms with Gasteiger partial charge in [0, 0.05) is 11.5 Å². The first-order chi connectivity index (χ1) is 7.67. The van der Waals surface area contributed by atoms with E-state index in [1.54, 1.807) is 12.1 Å². The molecule has 1 aromatic carbocycles. The van der Waals surface area contributed by atoms with Crippen LogP contribution in [0.2, 0.25) is 0 Å². The number of aliphatic hydroxyl groups is 2. The summed E-state index contributed by atoms with van der Waals surface area (Å²) in [6, 6.07) is 4.77. The lowest BCUT2D eigenvalue weighted by Gasteiger charge is -2.07. The highest BCUT2D eigenvalue weighted by Gasteiger charge is 2.05. The second-order valence-electron chi connectivity index (χ2n) is 3.32. The van der Waals surface area contributed by atoms with Crippen molar-refractivity contribution in [1.82, 2.24) is 0 Å². The fourth-order valence-corrected chi connectivity index (χ4v) is 2.08. The first-order valence-electron chi connectivity index (χ1n) is 4.86. The highest BCUT2D eigenvalue weighted by Crippen LogP contribution is 2.20. The zero-order valence-electron chi connectivity index (χ0n) is 9.02. The Kier molecular flexibility index (Phi) is 5.59. The Balaban J connectivity index is 2.46. The Morgan fingerprint density at radius 3 is 2.81 bits per heavy atom. The van der Waals surface area contributed by atoms with Crippen molar-refractivity contribution < 1.29 is 19.3 Å². The standard InChI is InChI=1S/C11H15FO3S/c1-15-11-3-2-8(4-10(11)12)6-16-7-9(14)5-13/h2-4,9,13-14H,5-7H2,1H3.